The highest BCUT2D eigenvalue weighted by atomic mass is 79.9. The van der Waals surface area contributed by atoms with Crippen molar-refractivity contribution in [1.29, 1.82) is 0 Å². The Morgan fingerprint density at radius 3 is 2.46 bits per heavy atom. The SMILES string of the molecule is Brc1cccc(C2NC(c3ccccc3)=NC3=C2CCc2cc(Br)ccc23)c1. The van der Waals surface area contributed by atoms with E-state index in [2.05, 4.69) is 104 Å². The van der Waals surface area contributed by atoms with Crippen molar-refractivity contribution in [3.05, 3.63) is 110 Å². The number of nitrogens with zero attached hydrogens (tertiary/aromatic N) is 1. The molecule has 0 spiro atoms. The van der Waals surface area contributed by atoms with Gasteiger partial charge in [0.1, 0.15) is 5.84 Å². The summed E-state index contributed by atoms with van der Waals surface area (Å²) in [4.78, 5) is 5.10. The van der Waals surface area contributed by atoms with Gasteiger partial charge in [-0.3, -0.25) is 0 Å². The highest BCUT2D eigenvalue weighted by Gasteiger charge is 2.30. The quantitative estimate of drug-likeness (QED) is 0.424. The highest BCUT2D eigenvalue weighted by molar-refractivity contribution is 9.10. The zero-order chi connectivity index (χ0) is 19.1. The number of halogens is 2. The Kier molecular flexibility index (Phi) is 4.69. The number of aryl methyl sites for hydroxylation is 1. The average Bonchev–Trinajstić information content (AvgIpc) is 2.73. The molecular formula is C24H18Br2N2. The predicted octanol–water partition coefficient (Wildman–Crippen LogP) is 6.66. The van der Waals surface area contributed by atoms with Crippen LogP contribution in [0.5, 0.6) is 0 Å². The van der Waals surface area contributed by atoms with Crippen molar-refractivity contribution >= 4 is 43.4 Å². The molecule has 0 aromatic heterocycles. The zero-order valence-corrected chi connectivity index (χ0v) is 18.3. The van der Waals surface area contributed by atoms with Gasteiger partial charge in [-0.15, -0.1) is 0 Å². The van der Waals surface area contributed by atoms with Gasteiger partial charge in [0.2, 0.25) is 0 Å². The lowest BCUT2D eigenvalue weighted by Crippen LogP contribution is -2.35. The fourth-order valence-electron chi connectivity index (χ4n) is 4.06. The Morgan fingerprint density at radius 2 is 1.64 bits per heavy atom. The number of aliphatic imine (C=N–C) groups is 1. The van der Waals surface area contributed by atoms with Crippen LogP contribution in [-0.2, 0) is 6.42 Å². The molecule has 2 aliphatic rings. The molecule has 3 aromatic carbocycles. The molecule has 0 fully saturated rings. The lowest BCUT2D eigenvalue weighted by Gasteiger charge is -2.33. The van der Waals surface area contributed by atoms with Crippen LogP contribution >= 0.6 is 31.9 Å². The fourth-order valence-corrected chi connectivity index (χ4v) is 4.88. The van der Waals surface area contributed by atoms with E-state index in [4.69, 9.17) is 4.99 Å². The minimum atomic E-state index is 0.122. The van der Waals surface area contributed by atoms with E-state index in [1.165, 1.54) is 22.3 Å². The normalized spacial score (nSPS) is 18.1. The molecule has 0 amide bonds. The van der Waals surface area contributed by atoms with Crippen LogP contribution in [0.2, 0.25) is 0 Å². The molecule has 0 saturated heterocycles. The Labute approximate surface area is 181 Å². The lowest BCUT2D eigenvalue weighted by molar-refractivity contribution is 0.680. The first-order chi connectivity index (χ1) is 13.7. The van der Waals surface area contributed by atoms with E-state index < -0.39 is 0 Å². The van der Waals surface area contributed by atoms with Crippen molar-refractivity contribution in [2.75, 3.05) is 0 Å². The van der Waals surface area contributed by atoms with Gasteiger partial charge in [-0.1, -0.05) is 80.4 Å². The van der Waals surface area contributed by atoms with E-state index in [0.29, 0.717) is 0 Å². The molecular weight excluding hydrogens is 476 g/mol. The first-order valence-electron chi connectivity index (χ1n) is 9.37. The minimum Gasteiger partial charge on any atom is -0.359 e. The van der Waals surface area contributed by atoms with Crippen molar-refractivity contribution in [1.82, 2.24) is 5.32 Å². The summed E-state index contributed by atoms with van der Waals surface area (Å²) in [5.41, 5.74) is 7.46. The maximum Gasteiger partial charge on any atom is 0.134 e. The van der Waals surface area contributed by atoms with Crippen LogP contribution in [0.4, 0.5) is 0 Å². The van der Waals surface area contributed by atoms with Gasteiger partial charge in [-0.2, -0.15) is 0 Å². The van der Waals surface area contributed by atoms with Gasteiger partial charge in [0.15, 0.2) is 0 Å². The molecule has 0 bridgehead atoms. The van der Waals surface area contributed by atoms with Gasteiger partial charge in [0.25, 0.3) is 0 Å². The van der Waals surface area contributed by atoms with E-state index in [9.17, 15) is 0 Å². The molecule has 1 aliphatic heterocycles. The largest absolute Gasteiger partial charge is 0.359 e. The van der Waals surface area contributed by atoms with E-state index in [0.717, 1.165) is 38.9 Å². The standard InChI is InChI=1S/C24H18Br2N2/c25-18-8-4-7-17(14-18)22-21-11-9-16-13-19(26)10-12-20(16)23(21)28-24(27-22)15-5-2-1-3-6-15/h1-8,10,12-14,22H,9,11H2,(H,27,28). The molecule has 4 heteroatoms. The molecule has 1 atom stereocenters. The van der Waals surface area contributed by atoms with Crippen molar-refractivity contribution in [3.8, 4) is 0 Å². The number of hydrogen-bond donors (Lipinski definition) is 1. The third kappa shape index (κ3) is 3.25. The van der Waals surface area contributed by atoms with E-state index >= 15 is 0 Å². The molecule has 0 radical (unpaired) electrons. The van der Waals surface area contributed by atoms with Gasteiger partial charge in [0, 0.05) is 20.1 Å². The maximum atomic E-state index is 5.10. The summed E-state index contributed by atoms with van der Waals surface area (Å²) >= 11 is 7.25. The van der Waals surface area contributed by atoms with Gasteiger partial charge < -0.3 is 5.32 Å². The summed E-state index contributed by atoms with van der Waals surface area (Å²) in [6.07, 6.45) is 2.05. The average molecular weight is 494 g/mol. The molecule has 1 aliphatic carbocycles. The molecule has 28 heavy (non-hydrogen) atoms. The number of fused-ring (bicyclic) bond motifs is 2. The summed E-state index contributed by atoms with van der Waals surface area (Å²) in [5.74, 6) is 0.931. The maximum absolute atomic E-state index is 5.10. The summed E-state index contributed by atoms with van der Waals surface area (Å²) in [6.45, 7) is 0. The smallest absolute Gasteiger partial charge is 0.134 e. The molecule has 2 nitrogen and oxygen atoms in total. The Balaban J connectivity index is 1.70. The number of rotatable bonds is 2. The highest BCUT2D eigenvalue weighted by Crippen LogP contribution is 2.42. The summed E-state index contributed by atoms with van der Waals surface area (Å²) < 4.78 is 2.22. The third-order valence-corrected chi connectivity index (χ3v) is 6.36. The first-order valence-corrected chi connectivity index (χ1v) is 11.0. The molecule has 0 saturated carbocycles. The van der Waals surface area contributed by atoms with E-state index in [-0.39, 0.29) is 6.04 Å². The first kappa shape index (κ1) is 17.9. The topological polar surface area (TPSA) is 24.4 Å². The van der Waals surface area contributed by atoms with Gasteiger partial charge >= 0.3 is 0 Å². The lowest BCUT2D eigenvalue weighted by atomic mass is 9.83. The van der Waals surface area contributed by atoms with Gasteiger partial charge in [0.05, 0.1) is 11.7 Å². The minimum absolute atomic E-state index is 0.122. The molecule has 138 valence electrons. The number of amidine groups is 1. The van der Waals surface area contributed by atoms with Crippen molar-refractivity contribution < 1.29 is 0 Å². The number of nitrogens with one attached hydrogen (secondary N) is 1. The van der Waals surface area contributed by atoms with Crippen LogP contribution in [-0.4, -0.2) is 5.84 Å². The number of benzene rings is 3. The van der Waals surface area contributed by atoms with E-state index in [1.54, 1.807) is 0 Å². The Hall–Kier alpha value is -2.17. The van der Waals surface area contributed by atoms with Crippen LogP contribution in [0.25, 0.3) is 5.70 Å². The monoisotopic (exact) mass is 492 g/mol. The second-order valence-corrected chi connectivity index (χ2v) is 8.97. The second-order valence-electron chi connectivity index (χ2n) is 7.13. The molecule has 1 N–H and O–H groups in total. The Bertz CT molecular complexity index is 1120. The van der Waals surface area contributed by atoms with Gasteiger partial charge in [-0.05, 0) is 53.8 Å². The zero-order valence-electron chi connectivity index (χ0n) is 15.1. The van der Waals surface area contributed by atoms with Crippen molar-refractivity contribution in [2.24, 2.45) is 4.99 Å². The van der Waals surface area contributed by atoms with Gasteiger partial charge in [-0.25, -0.2) is 4.99 Å². The van der Waals surface area contributed by atoms with Crippen LogP contribution in [0, 0.1) is 0 Å². The summed E-state index contributed by atoms with van der Waals surface area (Å²) in [7, 11) is 0. The van der Waals surface area contributed by atoms with Crippen LogP contribution in [0.15, 0.2) is 92.3 Å². The molecule has 5 rings (SSSR count). The summed E-state index contributed by atoms with van der Waals surface area (Å²) in [5, 5.41) is 3.72. The molecule has 1 heterocycles. The van der Waals surface area contributed by atoms with Crippen molar-refractivity contribution in [2.45, 2.75) is 18.9 Å². The predicted molar refractivity (Wildman–Crippen MR) is 122 cm³/mol. The number of hydrogen-bond acceptors (Lipinski definition) is 2. The summed E-state index contributed by atoms with van der Waals surface area (Å²) in [6, 6.07) is 25.6. The molecule has 1 unspecified atom stereocenters. The molecule has 3 aromatic rings. The van der Waals surface area contributed by atoms with Crippen LogP contribution in [0.3, 0.4) is 0 Å². The third-order valence-electron chi connectivity index (χ3n) is 5.37. The van der Waals surface area contributed by atoms with Crippen molar-refractivity contribution in [3.63, 3.8) is 0 Å². The second kappa shape index (κ2) is 7.34. The van der Waals surface area contributed by atoms with Crippen LogP contribution < -0.4 is 5.32 Å². The van der Waals surface area contributed by atoms with Crippen LogP contribution in [0.1, 0.15) is 34.7 Å². The van der Waals surface area contributed by atoms with E-state index in [1.807, 2.05) is 6.07 Å². The fraction of sp³-hybridized carbons (Fsp3) is 0.125. The Morgan fingerprint density at radius 1 is 0.821 bits per heavy atom.